The van der Waals surface area contributed by atoms with Gasteiger partial charge in [0.2, 0.25) is 0 Å². The molecule has 6 atom stereocenters. The van der Waals surface area contributed by atoms with Gasteiger partial charge in [0.05, 0.1) is 6.10 Å². The predicted octanol–water partition coefficient (Wildman–Crippen LogP) is 3.85. The van der Waals surface area contributed by atoms with Crippen LogP contribution in [0.2, 0.25) is 5.02 Å². The molecule has 6 heteroatoms. The molecule has 0 aromatic heterocycles. The van der Waals surface area contributed by atoms with Gasteiger partial charge in [0, 0.05) is 8.95 Å². The standard InChI is InChI=1S/C16H18ClIO4/c1-16(2)21-14-13-12(20-15(14)22-16)10(18)7-11(19-13)8-3-5-9(17)6-4-8/h3-6,10-15H,7H2,1-2H3/t10-,11-,12-,13+,14-,15-/m1/s1. The van der Waals surface area contributed by atoms with Crippen LogP contribution in [0.4, 0.5) is 0 Å². The highest BCUT2D eigenvalue weighted by Crippen LogP contribution is 2.47. The number of ether oxygens (including phenoxy) is 4. The van der Waals surface area contributed by atoms with Crippen LogP contribution < -0.4 is 0 Å². The molecule has 1 aromatic carbocycles. The van der Waals surface area contributed by atoms with Crippen molar-refractivity contribution in [3.63, 3.8) is 0 Å². The molecule has 120 valence electrons. The first-order valence-corrected chi connectivity index (χ1v) is 9.11. The highest BCUT2D eigenvalue weighted by atomic mass is 127. The number of benzene rings is 1. The predicted molar refractivity (Wildman–Crippen MR) is 90.2 cm³/mol. The van der Waals surface area contributed by atoms with Crippen molar-refractivity contribution in [2.45, 2.75) is 60.7 Å². The Morgan fingerprint density at radius 3 is 2.50 bits per heavy atom. The minimum atomic E-state index is -0.613. The molecule has 0 bridgehead atoms. The van der Waals surface area contributed by atoms with Crippen LogP contribution in [0.1, 0.15) is 31.9 Å². The van der Waals surface area contributed by atoms with Gasteiger partial charge in [-0.15, -0.1) is 0 Å². The third-order valence-electron chi connectivity index (χ3n) is 4.39. The Bertz CT molecular complexity index is 564. The van der Waals surface area contributed by atoms with Gasteiger partial charge < -0.3 is 18.9 Å². The van der Waals surface area contributed by atoms with E-state index in [1.54, 1.807) is 0 Å². The lowest BCUT2D eigenvalue weighted by Crippen LogP contribution is -2.45. The van der Waals surface area contributed by atoms with E-state index in [4.69, 9.17) is 30.5 Å². The summed E-state index contributed by atoms with van der Waals surface area (Å²) in [5, 5.41) is 0.738. The van der Waals surface area contributed by atoms with Crippen LogP contribution in [0.5, 0.6) is 0 Å². The lowest BCUT2D eigenvalue weighted by molar-refractivity contribution is -0.229. The number of rotatable bonds is 1. The topological polar surface area (TPSA) is 36.9 Å². The molecule has 0 unspecified atom stereocenters. The summed E-state index contributed by atoms with van der Waals surface area (Å²) in [4.78, 5) is 0. The molecule has 22 heavy (non-hydrogen) atoms. The smallest absolute Gasteiger partial charge is 0.190 e. The van der Waals surface area contributed by atoms with E-state index < -0.39 is 5.79 Å². The average Bonchev–Trinajstić information content (AvgIpc) is 2.92. The molecular formula is C16H18ClIO4. The summed E-state index contributed by atoms with van der Waals surface area (Å²) in [5.41, 5.74) is 1.14. The molecule has 0 saturated carbocycles. The maximum atomic E-state index is 6.34. The van der Waals surface area contributed by atoms with Gasteiger partial charge in [-0.25, -0.2) is 0 Å². The Kier molecular flexibility index (Phi) is 3.95. The number of hydrogen-bond acceptors (Lipinski definition) is 4. The third kappa shape index (κ3) is 2.70. The Balaban J connectivity index is 1.56. The van der Waals surface area contributed by atoms with Crippen molar-refractivity contribution in [1.29, 1.82) is 0 Å². The molecule has 3 aliphatic rings. The lowest BCUT2D eigenvalue weighted by atomic mass is 9.95. The summed E-state index contributed by atoms with van der Waals surface area (Å²) in [5.74, 6) is -0.613. The van der Waals surface area contributed by atoms with Crippen molar-refractivity contribution in [1.82, 2.24) is 0 Å². The van der Waals surface area contributed by atoms with Gasteiger partial charge in [-0.3, -0.25) is 0 Å². The normalized spacial score (nSPS) is 42.9. The van der Waals surface area contributed by atoms with E-state index in [9.17, 15) is 0 Å². The second-order valence-corrected chi connectivity index (χ2v) is 8.50. The summed E-state index contributed by atoms with van der Waals surface area (Å²) in [6.07, 6.45) is 0.388. The van der Waals surface area contributed by atoms with E-state index in [1.165, 1.54) is 0 Å². The Labute approximate surface area is 148 Å². The fraction of sp³-hybridized carbons (Fsp3) is 0.625. The van der Waals surface area contributed by atoms with Gasteiger partial charge in [-0.2, -0.15) is 0 Å². The maximum absolute atomic E-state index is 6.34. The summed E-state index contributed by atoms with van der Waals surface area (Å²) >= 11 is 8.42. The third-order valence-corrected chi connectivity index (χ3v) is 5.86. The van der Waals surface area contributed by atoms with E-state index in [-0.39, 0.29) is 30.7 Å². The molecule has 4 nitrogen and oxygen atoms in total. The van der Waals surface area contributed by atoms with Crippen LogP contribution in [-0.2, 0) is 18.9 Å². The highest BCUT2D eigenvalue weighted by molar-refractivity contribution is 14.1. The summed E-state index contributed by atoms with van der Waals surface area (Å²) in [6.45, 7) is 3.81. The second kappa shape index (κ2) is 5.57. The Morgan fingerprint density at radius 1 is 1.05 bits per heavy atom. The molecule has 0 aliphatic carbocycles. The zero-order valence-electron chi connectivity index (χ0n) is 12.4. The molecule has 4 rings (SSSR count). The molecule has 3 aliphatic heterocycles. The number of hydrogen-bond donors (Lipinski definition) is 0. The molecule has 3 fully saturated rings. The first kappa shape index (κ1) is 15.6. The zero-order valence-corrected chi connectivity index (χ0v) is 15.3. The van der Waals surface area contributed by atoms with Crippen molar-refractivity contribution in [3.05, 3.63) is 34.9 Å². The van der Waals surface area contributed by atoms with E-state index in [0.717, 1.165) is 17.0 Å². The number of halogens is 2. The largest absolute Gasteiger partial charge is 0.365 e. The Hall–Kier alpha value is 0.0800. The van der Waals surface area contributed by atoms with Crippen LogP contribution >= 0.6 is 34.2 Å². The minimum absolute atomic E-state index is 0.0234. The van der Waals surface area contributed by atoms with Gasteiger partial charge >= 0.3 is 0 Å². The van der Waals surface area contributed by atoms with Crippen molar-refractivity contribution < 1.29 is 18.9 Å². The van der Waals surface area contributed by atoms with Gasteiger partial charge in [0.15, 0.2) is 12.1 Å². The van der Waals surface area contributed by atoms with Crippen LogP contribution in [0.3, 0.4) is 0 Å². The number of alkyl halides is 1. The van der Waals surface area contributed by atoms with Crippen molar-refractivity contribution in [3.8, 4) is 0 Å². The first-order valence-electron chi connectivity index (χ1n) is 7.49. The highest BCUT2D eigenvalue weighted by Gasteiger charge is 2.59. The van der Waals surface area contributed by atoms with Crippen LogP contribution in [0.25, 0.3) is 0 Å². The number of fused-ring (bicyclic) bond motifs is 3. The molecule has 0 N–H and O–H groups in total. The fourth-order valence-corrected chi connectivity index (χ4v) is 4.59. The molecule has 0 spiro atoms. The lowest BCUT2D eigenvalue weighted by Gasteiger charge is -2.37. The Morgan fingerprint density at radius 2 is 1.77 bits per heavy atom. The van der Waals surface area contributed by atoms with Crippen molar-refractivity contribution in [2.24, 2.45) is 0 Å². The SMILES string of the molecule is CC1(C)O[C@H]2O[C@H]3[C@H](O[C@@H](c4ccc(Cl)cc4)C[C@H]3I)[C@H]2O1. The molecule has 3 heterocycles. The maximum Gasteiger partial charge on any atom is 0.190 e. The fourth-order valence-electron chi connectivity index (χ4n) is 3.43. The summed E-state index contributed by atoms with van der Waals surface area (Å²) in [7, 11) is 0. The first-order chi connectivity index (χ1) is 10.4. The minimum Gasteiger partial charge on any atom is -0.365 e. The van der Waals surface area contributed by atoms with E-state index in [1.807, 2.05) is 38.1 Å². The molecule has 0 amide bonds. The van der Waals surface area contributed by atoms with Gasteiger partial charge in [0.1, 0.15) is 18.3 Å². The van der Waals surface area contributed by atoms with Crippen molar-refractivity contribution >= 4 is 34.2 Å². The zero-order chi connectivity index (χ0) is 15.5. The monoisotopic (exact) mass is 436 g/mol. The second-order valence-electron chi connectivity index (χ2n) is 6.46. The van der Waals surface area contributed by atoms with Gasteiger partial charge in [-0.1, -0.05) is 46.3 Å². The molecule has 3 saturated heterocycles. The van der Waals surface area contributed by atoms with Crippen LogP contribution in [0, 0.1) is 0 Å². The average molecular weight is 437 g/mol. The van der Waals surface area contributed by atoms with E-state index >= 15 is 0 Å². The van der Waals surface area contributed by atoms with Crippen LogP contribution in [0.15, 0.2) is 24.3 Å². The quantitative estimate of drug-likeness (QED) is 0.495. The van der Waals surface area contributed by atoms with E-state index in [2.05, 4.69) is 22.6 Å². The molecule has 1 aromatic rings. The van der Waals surface area contributed by atoms with Gasteiger partial charge in [-0.05, 0) is 38.0 Å². The molecular weight excluding hydrogens is 419 g/mol. The van der Waals surface area contributed by atoms with E-state index in [0.29, 0.717) is 3.92 Å². The molecule has 0 radical (unpaired) electrons. The summed E-state index contributed by atoms with van der Waals surface area (Å²) < 4.78 is 24.6. The van der Waals surface area contributed by atoms with Crippen LogP contribution in [-0.4, -0.2) is 34.3 Å². The summed E-state index contributed by atoms with van der Waals surface area (Å²) in [6, 6.07) is 7.86. The van der Waals surface area contributed by atoms with Crippen molar-refractivity contribution in [2.75, 3.05) is 0 Å². The van der Waals surface area contributed by atoms with Gasteiger partial charge in [0.25, 0.3) is 0 Å².